The first-order valence-corrected chi connectivity index (χ1v) is 6.88. The summed E-state index contributed by atoms with van der Waals surface area (Å²) in [6.07, 6.45) is 0.530. The molecule has 0 aromatic heterocycles. The van der Waals surface area contributed by atoms with Crippen LogP contribution in [0.3, 0.4) is 0 Å². The van der Waals surface area contributed by atoms with Crippen molar-refractivity contribution in [3.05, 3.63) is 0 Å². The number of esters is 1. The van der Waals surface area contributed by atoms with Crippen molar-refractivity contribution >= 4 is 29.5 Å². The summed E-state index contributed by atoms with van der Waals surface area (Å²) in [6, 6.07) is 0. The molecule has 104 valence electrons. The first kappa shape index (κ1) is 16.8. The molecule has 0 aliphatic carbocycles. The van der Waals surface area contributed by atoms with Crippen molar-refractivity contribution in [2.75, 3.05) is 31.7 Å². The van der Waals surface area contributed by atoms with Crippen molar-refractivity contribution < 1.29 is 19.1 Å². The number of hydrogen-bond donors (Lipinski definition) is 1. The molecule has 0 rings (SSSR count). The molecular weight excluding hydrogens is 256 g/mol. The molecular formula is C11H20N2O4S. The molecule has 6 nitrogen and oxygen atoms in total. The van der Waals surface area contributed by atoms with Gasteiger partial charge in [0.2, 0.25) is 11.8 Å². The zero-order valence-corrected chi connectivity index (χ0v) is 11.6. The van der Waals surface area contributed by atoms with Crippen molar-refractivity contribution in [3.8, 4) is 0 Å². The molecule has 2 amide bonds. The molecule has 0 saturated heterocycles. The lowest BCUT2D eigenvalue weighted by Gasteiger charge is -2.16. The molecule has 0 unspecified atom stereocenters. The predicted molar refractivity (Wildman–Crippen MR) is 70.0 cm³/mol. The number of thioether (sulfide) groups is 1. The number of amides is 2. The third kappa shape index (κ3) is 8.86. The maximum atomic E-state index is 11.6. The third-order valence-corrected chi connectivity index (χ3v) is 3.07. The maximum absolute atomic E-state index is 11.6. The molecule has 0 spiro atoms. The van der Waals surface area contributed by atoms with E-state index in [9.17, 15) is 14.4 Å². The Morgan fingerprint density at radius 3 is 2.50 bits per heavy atom. The Balaban J connectivity index is 3.69. The van der Waals surface area contributed by atoms with Crippen molar-refractivity contribution in [2.24, 2.45) is 5.73 Å². The standard InChI is InChI=1S/C11H20N2O4S/c1-3-17-11(16)4-6-13(2)10(15)5-7-18-8-9(12)14/h3-8H2,1-2H3,(H2,12,14). The Morgan fingerprint density at radius 2 is 1.94 bits per heavy atom. The Hall–Kier alpha value is -1.24. The van der Waals surface area contributed by atoms with Crippen molar-refractivity contribution in [2.45, 2.75) is 19.8 Å². The number of ether oxygens (including phenoxy) is 1. The van der Waals surface area contributed by atoms with Gasteiger partial charge in [0.1, 0.15) is 0 Å². The van der Waals surface area contributed by atoms with E-state index >= 15 is 0 Å². The fraction of sp³-hybridized carbons (Fsp3) is 0.727. The average molecular weight is 276 g/mol. The highest BCUT2D eigenvalue weighted by Gasteiger charge is 2.11. The summed E-state index contributed by atoms with van der Waals surface area (Å²) in [6.45, 7) is 2.43. The molecule has 0 aliphatic heterocycles. The minimum atomic E-state index is -0.386. The molecule has 0 radical (unpaired) electrons. The smallest absolute Gasteiger partial charge is 0.307 e. The average Bonchev–Trinajstić information content (AvgIpc) is 2.31. The highest BCUT2D eigenvalue weighted by atomic mass is 32.2. The van der Waals surface area contributed by atoms with Gasteiger partial charge in [0.25, 0.3) is 0 Å². The summed E-state index contributed by atoms with van der Waals surface area (Å²) >= 11 is 1.33. The second kappa shape index (κ2) is 9.76. The van der Waals surface area contributed by atoms with E-state index in [-0.39, 0.29) is 30.0 Å². The Bertz CT molecular complexity index is 297. The van der Waals surface area contributed by atoms with Crippen LogP contribution < -0.4 is 5.73 Å². The fourth-order valence-electron chi connectivity index (χ4n) is 1.14. The molecule has 2 N–H and O–H groups in total. The monoisotopic (exact) mass is 276 g/mol. The summed E-state index contributed by atoms with van der Waals surface area (Å²) < 4.78 is 4.76. The molecule has 0 aromatic carbocycles. The summed E-state index contributed by atoms with van der Waals surface area (Å²) in [5, 5.41) is 0. The van der Waals surface area contributed by atoms with Crippen LogP contribution in [0, 0.1) is 0 Å². The lowest BCUT2D eigenvalue weighted by molar-refractivity contribution is -0.143. The van der Waals surface area contributed by atoms with Crippen LogP contribution in [0.4, 0.5) is 0 Å². The highest BCUT2D eigenvalue weighted by molar-refractivity contribution is 7.99. The number of rotatable bonds is 9. The summed E-state index contributed by atoms with van der Waals surface area (Å²) in [5.41, 5.74) is 4.97. The summed E-state index contributed by atoms with van der Waals surface area (Å²) in [7, 11) is 1.64. The lowest BCUT2D eigenvalue weighted by Crippen LogP contribution is -2.29. The van der Waals surface area contributed by atoms with Gasteiger partial charge >= 0.3 is 5.97 Å². The van der Waals surface area contributed by atoms with Crippen LogP contribution >= 0.6 is 11.8 Å². The highest BCUT2D eigenvalue weighted by Crippen LogP contribution is 2.04. The van der Waals surface area contributed by atoms with Gasteiger partial charge in [-0.1, -0.05) is 0 Å². The zero-order chi connectivity index (χ0) is 14.0. The summed E-state index contributed by atoms with van der Waals surface area (Å²) in [5.74, 6) is 0.0189. The van der Waals surface area contributed by atoms with E-state index in [4.69, 9.17) is 10.5 Å². The fourth-order valence-corrected chi connectivity index (χ4v) is 1.80. The first-order valence-electron chi connectivity index (χ1n) is 5.73. The molecule has 0 aromatic rings. The normalized spacial score (nSPS) is 9.89. The number of carbonyl (C=O) groups excluding carboxylic acids is 3. The van der Waals surface area contributed by atoms with Gasteiger partial charge in [-0.25, -0.2) is 0 Å². The van der Waals surface area contributed by atoms with E-state index in [0.29, 0.717) is 25.3 Å². The van der Waals surface area contributed by atoms with Crippen LogP contribution in [-0.4, -0.2) is 54.4 Å². The van der Waals surface area contributed by atoms with Crippen LogP contribution in [0.25, 0.3) is 0 Å². The number of nitrogens with two attached hydrogens (primary N) is 1. The Labute approximate surface area is 111 Å². The zero-order valence-electron chi connectivity index (χ0n) is 10.8. The number of carbonyl (C=O) groups is 3. The van der Waals surface area contributed by atoms with E-state index in [2.05, 4.69) is 0 Å². The minimum Gasteiger partial charge on any atom is -0.466 e. The number of nitrogens with zero attached hydrogens (tertiary/aromatic N) is 1. The van der Waals surface area contributed by atoms with E-state index in [1.54, 1.807) is 14.0 Å². The molecule has 18 heavy (non-hydrogen) atoms. The Kier molecular flexibility index (Phi) is 9.08. The van der Waals surface area contributed by atoms with Crippen LogP contribution in [0.2, 0.25) is 0 Å². The van der Waals surface area contributed by atoms with Gasteiger partial charge < -0.3 is 15.4 Å². The molecule has 0 bridgehead atoms. The second-order valence-electron chi connectivity index (χ2n) is 3.64. The summed E-state index contributed by atoms with van der Waals surface area (Å²) in [4.78, 5) is 34.7. The van der Waals surface area contributed by atoms with Crippen molar-refractivity contribution in [3.63, 3.8) is 0 Å². The van der Waals surface area contributed by atoms with Gasteiger partial charge in [-0.3, -0.25) is 14.4 Å². The van der Waals surface area contributed by atoms with Gasteiger partial charge in [-0.2, -0.15) is 11.8 Å². The molecule has 7 heteroatoms. The van der Waals surface area contributed by atoms with Gasteiger partial charge in [-0.15, -0.1) is 0 Å². The quantitative estimate of drug-likeness (QED) is 0.473. The Morgan fingerprint density at radius 1 is 1.28 bits per heavy atom. The van der Waals surface area contributed by atoms with Gasteiger partial charge in [0.05, 0.1) is 18.8 Å². The van der Waals surface area contributed by atoms with E-state index in [1.807, 2.05) is 0 Å². The van der Waals surface area contributed by atoms with Gasteiger partial charge in [0, 0.05) is 25.8 Å². The molecule has 0 atom stereocenters. The van der Waals surface area contributed by atoms with Crippen molar-refractivity contribution in [1.82, 2.24) is 4.90 Å². The third-order valence-electron chi connectivity index (χ3n) is 2.09. The molecule has 0 fully saturated rings. The van der Waals surface area contributed by atoms with Crippen LogP contribution in [0.5, 0.6) is 0 Å². The first-order chi connectivity index (χ1) is 8.47. The maximum Gasteiger partial charge on any atom is 0.307 e. The van der Waals surface area contributed by atoms with Crippen LogP contribution in [0.1, 0.15) is 19.8 Å². The SMILES string of the molecule is CCOC(=O)CCN(C)C(=O)CCSCC(N)=O. The lowest BCUT2D eigenvalue weighted by atomic mass is 10.3. The topological polar surface area (TPSA) is 89.7 Å². The van der Waals surface area contributed by atoms with Crippen LogP contribution in [0.15, 0.2) is 0 Å². The van der Waals surface area contributed by atoms with Gasteiger partial charge in [0.15, 0.2) is 0 Å². The number of hydrogen-bond acceptors (Lipinski definition) is 5. The number of primary amides is 1. The molecule has 0 aliphatic rings. The van der Waals surface area contributed by atoms with Crippen molar-refractivity contribution in [1.29, 1.82) is 0 Å². The molecule has 0 heterocycles. The minimum absolute atomic E-state index is 0.0590. The predicted octanol–water partition coefficient (Wildman–Crippen LogP) is 0.00660. The van der Waals surface area contributed by atoms with E-state index < -0.39 is 0 Å². The second-order valence-corrected chi connectivity index (χ2v) is 4.74. The van der Waals surface area contributed by atoms with E-state index in [1.165, 1.54) is 16.7 Å². The van der Waals surface area contributed by atoms with E-state index in [0.717, 1.165) is 0 Å². The largest absolute Gasteiger partial charge is 0.466 e. The van der Waals surface area contributed by atoms with Crippen LogP contribution in [-0.2, 0) is 19.1 Å². The van der Waals surface area contributed by atoms with Gasteiger partial charge in [-0.05, 0) is 6.92 Å². The molecule has 0 saturated carbocycles.